The molecule has 2 saturated heterocycles. The van der Waals surface area contributed by atoms with Crippen molar-refractivity contribution in [2.24, 2.45) is 11.1 Å². The standard InChI is InChI=1S/C17H22INO2/c1-3-15(19-20-2)17-14(10-13-8-9-16(17)21-13)11-4-6-12(18)7-5-11/h4-7,13-14,16-17H,3,8-10H2,1-2H3/t13?,14-,16+,17+/m0/s1. The van der Waals surface area contributed by atoms with E-state index in [0.717, 1.165) is 25.0 Å². The molecule has 0 spiro atoms. The molecule has 0 amide bonds. The third-order valence-corrected chi connectivity index (χ3v) is 5.46. The normalized spacial score (nSPS) is 32.2. The summed E-state index contributed by atoms with van der Waals surface area (Å²) in [5.41, 5.74) is 2.56. The first-order chi connectivity index (χ1) is 10.2. The monoisotopic (exact) mass is 399 g/mol. The van der Waals surface area contributed by atoms with Crippen molar-refractivity contribution in [3.63, 3.8) is 0 Å². The fourth-order valence-electron chi connectivity index (χ4n) is 3.84. The molecule has 4 heteroatoms. The number of rotatable bonds is 4. The van der Waals surface area contributed by atoms with Crippen molar-refractivity contribution >= 4 is 28.3 Å². The maximum atomic E-state index is 6.18. The van der Waals surface area contributed by atoms with Gasteiger partial charge in [-0.3, -0.25) is 0 Å². The van der Waals surface area contributed by atoms with Gasteiger partial charge in [-0.15, -0.1) is 0 Å². The summed E-state index contributed by atoms with van der Waals surface area (Å²) in [7, 11) is 1.64. The molecular formula is C17H22INO2. The van der Waals surface area contributed by atoms with E-state index in [9.17, 15) is 0 Å². The van der Waals surface area contributed by atoms with E-state index in [1.165, 1.54) is 15.6 Å². The minimum Gasteiger partial charge on any atom is -0.399 e. The molecule has 3 rings (SSSR count). The lowest BCUT2D eigenvalue weighted by Crippen LogP contribution is -2.39. The average Bonchev–Trinajstić information content (AvgIpc) is 2.88. The average molecular weight is 399 g/mol. The molecule has 1 unspecified atom stereocenters. The molecule has 21 heavy (non-hydrogen) atoms. The van der Waals surface area contributed by atoms with Gasteiger partial charge < -0.3 is 9.57 Å². The molecule has 0 radical (unpaired) electrons. The van der Waals surface area contributed by atoms with Gasteiger partial charge in [0.2, 0.25) is 0 Å². The van der Waals surface area contributed by atoms with Crippen LogP contribution in [0, 0.1) is 9.49 Å². The maximum absolute atomic E-state index is 6.18. The fourth-order valence-corrected chi connectivity index (χ4v) is 4.20. The van der Waals surface area contributed by atoms with E-state index < -0.39 is 0 Å². The maximum Gasteiger partial charge on any atom is 0.106 e. The summed E-state index contributed by atoms with van der Waals surface area (Å²) >= 11 is 2.36. The molecule has 3 nitrogen and oxygen atoms in total. The van der Waals surface area contributed by atoms with Gasteiger partial charge in [0.15, 0.2) is 0 Å². The number of hydrogen-bond acceptors (Lipinski definition) is 3. The second-order valence-electron chi connectivity index (χ2n) is 5.91. The van der Waals surface area contributed by atoms with Crippen molar-refractivity contribution in [1.82, 2.24) is 0 Å². The number of halogens is 1. The van der Waals surface area contributed by atoms with Crippen LogP contribution < -0.4 is 0 Å². The summed E-state index contributed by atoms with van der Waals surface area (Å²) in [4.78, 5) is 5.09. The highest BCUT2D eigenvalue weighted by Crippen LogP contribution is 2.46. The Morgan fingerprint density at radius 1 is 1.33 bits per heavy atom. The molecule has 2 bridgehead atoms. The van der Waals surface area contributed by atoms with Crippen molar-refractivity contribution in [1.29, 1.82) is 0 Å². The quantitative estimate of drug-likeness (QED) is 0.428. The number of ether oxygens (including phenoxy) is 1. The van der Waals surface area contributed by atoms with Crippen LogP contribution in [0.5, 0.6) is 0 Å². The van der Waals surface area contributed by atoms with Gasteiger partial charge in [-0.1, -0.05) is 24.2 Å². The topological polar surface area (TPSA) is 30.8 Å². The summed E-state index contributed by atoms with van der Waals surface area (Å²) in [6.07, 6.45) is 5.09. The molecule has 4 atom stereocenters. The van der Waals surface area contributed by atoms with Crippen LogP contribution in [0.1, 0.15) is 44.1 Å². The van der Waals surface area contributed by atoms with Crippen LogP contribution in [-0.4, -0.2) is 25.0 Å². The lowest BCUT2D eigenvalue weighted by Gasteiger charge is -2.37. The highest BCUT2D eigenvalue weighted by atomic mass is 127. The van der Waals surface area contributed by atoms with Gasteiger partial charge in [-0.2, -0.15) is 0 Å². The first-order valence-electron chi connectivity index (χ1n) is 7.73. The van der Waals surface area contributed by atoms with Crippen molar-refractivity contribution in [2.45, 2.75) is 50.7 Å². The zero-order valence-corrected chi connectivity index (χ0v) is 14.7. The smallest absolute Gasteiger partial charge is 0.106 e. The van der Waals surface area contributed by atoms with Gasteiger partial charge in [-0.25, -0.2) is 0 Å². The van der Waals surface area contributed by atoms with E-state index in [0.29, 0.717) is 24.0 Å². The summed E-state index contributed by atoms with van der Waals surface area (Å²) < 4.78 is 7.46. The molecule has 114 valence electrons. The number of nitrogens with zero attached hydrogens (tertiary/aromatic N) is 1. The molecule has 0 saturated carbocycles. The third kappa shape index (κ3) is 3.11. The Morgan fingerprint density at radius 2 is 2.10 bits per heavy atom. The van der Waals surface area contributed by atoms with Crippen LogP contribution in [0.15, 0.2) is 29.4 Å². The van der Waals surface area contributed by atoms with Crippen LogP contribution in [-0.2, 0) is 9.57 Å². The second-order valence-corrected chi connectivity index (χ2v) is 7.16. The Balaban J connectivity index is 1.95. The third-order valence-electron chi connectivity index (χ3n) is 4.74. The highest BCUT2D eigenvalue weighted by Gasteiger charge is 2.45. The van der Waals surface area contributed by atoms with Gasteiger partial charge in [0, 0.05) is 9.49 Å². The zero-order valence-electron chi connectivity index (χ0n) is 12.6. The molecule has 2 heterocycles. The molecule has 0 aliphatic carbocycles. The molecule has 0 N–H and O–H groups in total. The highest BCUT2D eigenvalue weighted by molar-refractivity contribution is 14.1. The Hall–Kier alpha value is -0.620. The van der Waals surface area contributed by atoms with E-state index in [1.54, 1.807) is 7.11 Å². The number of benzene rings is 1. The Labute approximate surface area is 140 Å². The van der Waals surface area contributed by atoms with Crippen LogP contribution in [0.4, 0.5) is 0 Å². The Kier molecular flexibility index (Phi) is 4.84. The molecular weight excluding hydrogens is 377 g/mol. The summed E-state index contributed by atoms with van der Waals surface area (Å²) in [5.74, 6) is 0.857. The van der Waals surface area contributed by atoms with E-state index in [4.69, 9.17) is 9.57 Å². The van der Waals surface area contributed by atoms with Crippen LogP contribution in [0.25, 0.3) is 0 Å². The van der Waals surface area contributed by atoms with E-state index in [1.807, 2.05) is 0 Å². The first-order valence-corrected chi connectivity index (χ1v) is 8.81. The number of oxime groups is 1. The fraction of sp³-hybridized carbons (Fsp3) is 0.588. The predicted molar refractivity (Wildman–Crippen MR) is 92.6 cm³/mol. The van der Waals surface area contributed by atoms with Gasteiger partial charge in [0.1, 0.15) is 7.11 Å². The molecule has 1 aromatic rings. The van der Waals surface area contributed by atoms with Crippen LogP contribution >= 0.6 is 22.6 Å². The van der Waals surface area contributed by atoms with Gasteiger partial charge in [-0.05, 0) is 71.9 Å². The minimum absolute atomic E-state index is 0.307. The summed E-state index contributed by atoms with van der Waals surface area (Å²) in [5, 5.41) is 4.31. The molecule has 0 aromatic heterocycles. The van der Waals surface area contributed by atoms with Gasteiger partial charge in [0.25, 0.3) is 0 Å². The Bertz CT molecular complexity index is 514. The molecule has 1 aromatic carbocycles. The van der Waals surface area contributed by atoms with E-state index >= 15 is 0 Å². The lowest BCUT2D eigenvalue weighted by molar-refractivity contribution is -0.0249. The number of fused-ring (bicyclic) bond motifs is 2. The van der Waals surface area contributed by atoms with Crippen molar-refractivity contribution < 1.29 is 9.57 Å². The summed E-state index contributed by atoms with van der Waals surface area (Å²) in [6.45, 7) is 2.16. The molecule has 2 aliphatic heterocycles. The second kappa shape index (κ2) is 6.65. The molecule has 2 fully saturated rings. The van der Waals surface area contributed by atoms with Gasteiger partial charge >= 0.3 is 0 Å². The predicted octanol–water partition coefficient (Wildman–Crippen LogP) is 4.35. The largest absolute Gasteiger partial charge is 0.399 e. The Morgan fingerprint density at radius 3 is 2.76 bits per heavy atom. The molecule has 2 aliphatic rings. The summed E-state index contributed by atoms with van der Waals surface area (Å²) in [6, 6.07) is 8.93. The van der Waals surface area contributed by atoms with Crippen molar-refractivity contribution in [3.05, 3.63) is 33.4 Å². The van der Waals surface area contributed by atoms with Crippen LogP contribution in [0.3, 0.4) is 0 Å². The van der Waals surface area contributed by atoms with E-state index in [-0.39, 0.29) is 0 Å². The zero-order chi connectivity index (χ0) is 14.8. The van der Waals surface area contributed by atoms with Crippen LogP contribution in [0.2, 0.25) is 0 Å². The first kappa shape index (κ1) is 15.3. The van der Waals surface area contributed by atoms with Crippen molar-refractivity contribution in [3.8, 4) is 0 Å². The van der Waals surface area contributed by atoms with E-state index in [2.05, 4.69) is 58.9 Å². The SMILES string of the molecule is CCC(=NOC)[C@@H]1[C@H]2CCC(C[C@H]1c1ccc(I)cc1)O2. The minimum atomic E-state index is 0.307. The number of hydrogen-bond donors (Lipinski definition) is 0. The lowest BCUT2D eigenvalue weighted by atomic mass is 9.76. The van der Waals surface area contributed by atoms with Crippen molar-refractivity contribution in [2.75, 3.05) is 7.11 Å². The van der Waals surface area contributed by atoms with Gasteiger partial charge in [0.05, 0.1) is 17.9 Å².